The number of carbonyl (C=O) groups is 2. The molecule has 1 aliphatic rings. The van der Waals surface area contributed by atoms with Gasteiger partial charge in [-0.05, 0) is 25.7 Å². The number of carbonyl (C=O) groups excluding carboxylic acids is 2. The van der Waals surface area contributed by atoms with Crippen molar-refractivity contribution in [1.82, 2.24) is 4.90 Å². The number of hydrogen-bond donors (Lipinski definition) is 0. The van der Waals surface area contributed by atoms with Gasteiger partial charge in [0.25, 0.3) is 0 Å². The predicted molar refractivity (Wildman–Crippen MR) is 99.2 cm³/mol. The van der Waals surface area contributed by atoms with Crippen LogP contribution >= 0.6 is 45.2 Å². The van der Waals surface area contributed by atoms with Gasteiger partial charge in [-0.25, -0.2) is 0 Å². The summed E-state index contributed by atoms with van der Waals surface area (Å²) in [7, 11) is 0. The zero-order chi connectivity index (χ0) is 15.7. The van der Waals surface area contributed by atoms with Crippen LogP contribution in [0.5, 0.6) is 0 Å². The van der Waals surface area contributed by atoms with Crippen LogP contribution in [0.15, 0.2) is 0 Å². The maximum Gasteiger partial charge on any atom is 0.235 e. The van der Waals surface area contributed by atoms with Gasteiger partial charge < -0.3 is 0 Å². The molecule has 1 rings (SSSR count). The molecule has 1 saturated heterocycles. The lowest BCUT2D eigenvalue weighted by Gasteiger charge is -2.38. The average molecular weight is 505 g/mol. The van der Waals surface area contributed by atoms with E-state index in [9.17, 15) is 9.59 Å². The third-order valence-electron chi connectivity index (χ3n) is 4.74. The molecule has 0 aromatic rings. The SMILES string of the molecule is CCC(C)(CC)CC(C)(I)C1CC(=O)N([C@@H](C)I)C1=O. The summed E-state index contributed by atoms with van der Waals surface area (Å²) in [6.07, 6.45) is 3.54. The number of nitrogens with zero attached hydrogens (tertiary/aromatic N) is 1. The van der Waals surface area contributed by atoms with Crippen molar-refractivity contribution in [2.24, 2.45) is 11.3 Å². The maximum absolute atomic E-state index is 12.6. The molecule has 3 atom stereocenters. The van der Waals surface area contributed by atoms with Crippen LogP contribution in [-0.2, 0) is 9.59 Å². The van der Waals surface area contributed by atoms with Crippen LogP contribution < -0.4 is 0 Å². The quantitative estimate of drug-likeness (QED) is 0.230. The molecule has 1 fully saturated rings. The van der Waals surface area contributed by atoms with Crippen LogP contribution in [0.4, 0.5) is 0 Å². The molecule has 0 aromatic carbocycles. The Bertz CT molecular complexity index is 389. The Labute approximate surface area is 149 Å². The first kappa shape index (κ1) is 18.6. The maximum atomic E-state index is 12.6. The van der Waals surface area contributed by atoms with E-state index in [1.54, 1.807) is 0 Å². The number of likely N-dealkylation sites (tertiary alicyclic amines) is 1. The van der Waals surface area contributed by atoms with Gasteiger partial charge in [0.05, 0.1) is 9.97 Å². The summed E-state index contributed by atoms with van der Waals surface area (Å²) >= 11 is 4.54. The summed E-state index contributed by atoms with van der Waals surface area (Å²) in [6, 6.07) is 0. The van der Waals surface area contributed by atoms with E-state index in [2.05, 4.69) is 72.9 Å². The predicted octanol–water partition coefficient (Wildman–Crippen LogP) is 4.55. The summed E-state index contributed by atoms with van der Waals surface area (Å²) in [6.45, 7) is 10.7. The highest BCUT2D eigenvalue weighted by Gasteiger charge is 2.50. The Morgan fingerprint density at radius 1 is 1.30 bits per heavy atom. The Morgan fingerprint density at radius 3 is 2.15 bits per heavy atom. The monoisotopic (exact) mass is 505 g/mol. The normalized spacial score (nSPS) is 24.9. The number of amides is 2. The zero-order valence-corrected chi connectivity index (χ0v) is 17.3. The molecule has 0 saturated carbocycles. The summed E-state index contributed by atoms with van der Waals surface area (Å²) < 4.78 is -0.223. The highest BCUT2D eigenvalue weighted by atomic mass is 127. The van der Waals surface area contributed by atoms with E-state index in [0.29, 0.717) is 6.42 Å². The van der Waals surface area contributed by atoms with E-state index in [1.807, 2.05) is 6.92 Å². The third-order valence-corrected chi connectivity index (χ3v) is 6.44. The van der Waals surface area contributed by atoms with E-state index in [-0.39, 0.29) is 30.6 Å². The summed E-state index contributed by atoms with van der Waals surface area (Å²) in [4.78, 5) is 26.1. The van der Waals surface area contributed by atoms with Crippen molar-refractivity contribution in [2.45, 2.75) is 67.8 Å². The second-order valence-corrected chi connectivity index (χ2v) is 10.7. The number of halogens is 2. The average Bonchev–Trinajstić information content (AvgIpc) is 2.64. The van der Waals surface area contributed by atoms with Gasteiger partial charge in [0, 0.05) is 9.84 Å². The van der Waals surface area contributed by atoms with Crippen molar-refractivity contribution < 1.29 is 9.59 Å². The van der Waals surface area contributed by atoms with Crippen LogP contribution in [0, 0.1) is 11.3 Å². The molecular formula is C15H25I2NO2. The Kier molecular flexibility index (Phi) is 6.33. The number of hydrogen-bond acceptors (Lipinski definition) is 2. The molecule has 0 aliphatic carbocycles. The fourth-order valence-electron chi connectivity index (χ4n) is 2.95. The van der Waals surface area contributed by atoms with E-state index < -0.39 is 0 Å². The van der Waals surface area contributed by atoms with Gasteiger partial charge in [0.2, 0.25) is 11.8 Å². The van der Waals surface area contributed by atoms with Crippen LogP contribution in [0.2, 0.25) is 0 Å². The van der Waals surface area contributed by atoms with Gasteiger partial charge in [0.15, 0.2) is 0 Å². The molecule has 5 heteroatoms. The zero-order valence-electron chi connectivity index (χ0n) is 13.0. The molecule has 1 aliphatic heterocycles. The Balaban J connectivity index is 2.94. The third kappa shape index (κ3) is 3.87. The lowest BCUT2D eigenvalue weighted by atomic mass is 9.73. The van der Waals surface area contributed by atoms with Crippen molar-refractivity contribution in [3.05, 3.63) is 0 Å². The van der Waals surface area contributed by atoms with Gasteiger partial charge in [-0.1, -0.05) is 78.8 Å². The first-order chi connectivity index (χ1) is 9.08. The number of rotatable bonds is 6. The fourth-order valence-corrected chi connectivity index (χ4v) is 4.95. The van der Waals surface area contributed by atoms with Gasteiger partial charge >= 0.3 is 0 Å². The summed E-state index contributed by atoms with van der Waals surface area (Å²) in [5.41, 5.74) is 0.239. The largest absolute Gasteiger partial charge is 0.274 e. The van der Waals surface area contributed by atoms with Crippen molar-refractivity contribution in [3.63, 3.8) is 0 Å². The van der Waals surface area contributed by atoms with Crippen LogP contribution in [0.1, 0.15) is 60.3 Å². The van der Waals surface area contributed by atoms with Gasteiger partial charge in [-0.15, -0.1) is 0 Å². The molecule has 1 heterocycles. The van der Waals surface area contributed by atoms with Gasteiger partial charge in [0.1, 0.15) is 0 Å². The van der Waals surface area contributed by atoms with Crippen LogP contribution in [0.3, 0.4) is 0 Å². The van der Waals surface area contributed by atoms with E-state index >= 15 is 0 Å². The number of imide groups is 1. The Hall–Kier alpha value is 0.600. The highest BCUT2D eigenvalue weighted by molar-refractivity contribution is 14.1. The van der Waals surface area contributed by atoms with Crippen molar-refractivity contribution in [2.75, 3.05) is 0 Å². The molecule has 0 bridgehead atoms. The minimum atomic E-state index is -0.176. The lowest BCUT2D eigenvalue weighted by molar-refractivity contribution is -0.139. The molecule has 0 N–H and O–H groups in total. The van der Waals surface area contributed by atoms with Crippen molar-refractivity contribution in [1.29, 1.82) is 0 Å². The van der Waals surface area contributed by atoms with E-state index in [1.165, 1.54) is 4.90 Å². The first-order valence-electron chi connectivity index (χ1n) is 7.27. The summed E-state index contributed by atoms with van der Waals surface area (Å²) in [5, 5.41) is 0. The minimum absolute atomic E-state index is 0.0144. The lowest BCUT2D eigenvalue weighted by Crippen LogP contribution is -2.41. The summed E-state index contributed by atoms with van der Waals surface area (Å²) in [5.74, 6) is -0.173. The van der Waals surface area contributed by atoms with E-state index in [4.69, 9.17) is 0 Å². The second-order valence-electron chi connectivity index (χ2n) is 6.41. The highest BCUT2D eigenvalue weighted by Crippen LogP contribution is 2.46. The van der Waals surface area contributed by atoms with E-state index in [0.717, 1.165) is 19.3 Å². The topological polar surface area (TPSA) is 37.4 Å². The second kappa shape index (κ2) is 6.79. The molecule has 0 spiro atoms. The first-order valence-corrected chi connectivity index (χ1v) is 9.59. The van der Waals surface area contributed by atoms with Crippen molar-refractivity contribution in [3.8, 4) is 0 Å². The van der Waals surface area contributed by atoms with Gasteiger partial charge in [-0.3, -0.25) is 14.5 Å². The standard InChI is InChI=1S/C15H25I2NO2/c1-6-14(4,7-2)9-15(5,17)11-8-12(19)18(10(3)16)13(11)20/h10-11H,6-9H2,1-5H3/t10-,11?,15?/m0/s1. The molecule has 0 aromatic heterocycles. The molecule has 0 radical (unpaired) electrons. The molecular weight excluding hydrogens is 480 g/mol. The molecule has 116 valence electrons. The molecule has 2 amide bonds. The fraction of sp³-hybridized carbons (Fsp3) is 0.867. The van der Waals surface area contributed by atoms with Crippen molar-refractivity contribution >= 4 is 57.0 Å². The smallest absolute Gasteiger partial charge is 0.235 e. The molecule has 20 heavy (non-hydrogen) atoms. The Morgan fingerprint density at radius 2 is 1.80 bits per heavy atom. The molecule has 2 unspecified atom stereocenters. The van der Waals surface area contributed by atoms with Crippen LogP contribution in [0.25, 0.3) is 0 Å². The van der Waals surface area contributed by atoms with Gasteiger partial charge in [-0.2, -0.15) is 0 Å². The number of alkyl halides is 2. The minimum Gasteiger partial charge on any atom is -0.274 e. The van der Waals surface area contributed by atoms with Crippen LogP contribution in [-0.4, -0.2) is 24.2 Å². The molecule has 3 nitrogen and oxygen atoms in total.